The Morgan fingerprint density at radius 2 is 1.59 bits per heavy atom. The molecule has 0 aliphatic carbocycles. The summed E-state index contributed by atoms with van der Waals surface area (Å²) in [6.45, 7) is 6.59. The molecule has 10 nitrogen and oxygen atoms in total. The van der Waals surface area contributed by atoms with Crippen molar-refractivity contribution in [1.29, 1.82) is 0 Å². The summed E-state index contributed by atoms with van der Waals surface area (Å²) in [5.41, 5.74) is 0.802. The van der Waals surface area contributed by atoms with Gasteiger partial charge >= 0.3 is 18.0 Å². The molecular weight excluding hydrogens is 422 g/mol. The monoisotopic (exact) mass is 455 g/mol. The van der Waals surface area contributed by atoms with Crippen molar-refractivity contribution >= 4 is 18.0 Å². The van der Waals surface area contributed by atoms with Crippen LogP contribution in [0.1, 0.15) is 39.2 Å². The average Bonchev–Trinajstić information content (AvgIpc) is 2.71. The van der Waals surface area contributed by atoms with Crippen LogP contribution in [-0.4, -0.2) is 85.5 Å². The van der Waals surface area contributed by atoms with Gasteiger partial charge in [-0.15, -0.1) is 0 Å². The molecule has 1 aliphatic rings. The Labute approximate surface area is 187 Å². The van der Waals surface area contributed by atoms with E-state index in [1.807, 2.05) is 39.0 Å². The number of hydrogen-bond acceptors (Lipinski definition) is 7. The summed E-state index contributed by atoms with van der Waals surface area (Å²) in [5.74, 6) is -3.29. The molecule has 0 saturated carbocycles. The van der Waals surface area contributed by atoms with E-state index in [1.54, 1.807) is 4.90 Å². The molecule has 0 radical (unpaired) electrons. The Bertz CT molecular complexity index is 730. The lowest BCUT2D eigenvalue weighted by Gasteiger charge is -2.36. The predicted octanol–water partition coefficient (Wildman–Crippen LogP) is 1.11. The maximum atomic E-state index is 12.0. The van der Waals surface area contributed by atoms with Crippen molar-refractivity contribution in [2.24, 2.45) is 5.92 Å². The summed E-state index contributed by atoms with van der Waals surface area (Å²) in [5, 5.41) is 42.8. The zero-order valence-electron chi connectivity index (χ0n) is 18.5. The number of carboxylic acids is 2. The molecule has 1 heterocycles. The zero-order valence-corrected chi connectivity index (χ0v) is 18.5. The number of carbonyl (C=O) groups excluding carboxylic acids is 1. The fourth-order valence-electron chi connectivity index (χ4n) is 3.08. The highest BCUT2D eigenvalue weighted by Crippen LogP contribution is 2.24. The molecule has 1 fully saturated rings. The number of aliphatic hydroxyl groups excluding tert-OH is 3. The van der Waals surface area contributed by atoms with Gasteiger partial charge in [-0.3, -0.25) is 0 Å². The van der Waals surface area contributed by atoms with E-state index < -0.39 is 35.9 Å². The first kappa shape index (κ1) is 27.3. The predicted molar refractivity (Wildman–Crippen MR) is 114 cm³/mol. The topological polar surface area (TPSA) is 165 Å². The Kier molecular flexibility index (Phi) is 10.6. The second kappa shape index (κ2) is 12.4. The van der Waals surface area contributed by atoms with Gasteiger partial charge in [0.15, 0.2) is 12.2 Å². The maximum Gasteiger partial charge on any atom is 0.410 e. The number of nitrogens with zero attached hydrogens (tertiary/aromatic N) is 1. The van der Waals surface area contributed by atoms with Gasteiger partial charge in [0.25, 0.3) is 0 Å². The average molecular weight is 456 g/mol. The highest BCUT2D eigenvalue weighted by Gasteiger charge is 2.32. The van der Waals surface area contributed by atoms with Gasteiger partial charge in [0, 0.05) is 6.54 Å². The van der Waals surface area contributed by atoms with Gasteiger partial charge in [-0.05, 0) is 51.5 Å². The number of carboxylic acid groups (broad SMARTS) is 2. The molecule has 32 heavy (non-hydrogen) atoms. The van der Waals surface area contributed by atoms with Gasteiger partial charge in [-0.2, -0.15) is 0 Å². The molecular formula is C22H33NO9. The van der Waals surface area contributed by atoms with E-state index >= 15 is 0 Å². The summed E-state index contributed by atoms with van der Waals surface area (Å²) in [4.78, 5) is 33.2. The Balaban J connectivity index is 0.000000433. The molecule has 2 rings (SSSR count). The third kappa shape index (κ3) is 9.63. The smallest absolute Gasteiger partial charge is 0.410 e. The molecule has 1 aliphatic heterocycles. The van der Waals surface area contributed by atoms with Gasteiger partial charge in [0.1, 0.15) is 5.60 Å². The van der Waals surface area contributed by atoms with E-state index in [9.17, 15) is 19.5 Å². The van der Waals surface area contributed by atoms with E-state index in [0.717, 1.165) is 19.3 Å². The fourth-order valence-corrected chi connectivity index (χ4v) is 3.08. The summed E-state index contributed by atoms with van der Waals surface area (Å²) < 4.78 is 5.37. The highest BCUT2D eigenvalue weighted by molar-refractivity contribution is 5.83. The Morgan fingerprint density at radius 3 is 2.03 bits per heavy atom. The largest absolute Gasteiger partial charge is 0.479 e. The molecule has 5 N–H and O–H groups in total. The van der Waals surface area contributed by atoms with Crippen molar-refractivity contribution in [1.82, 2.24) is 4.90 Å². The number of piperidine rings is 1. The van der Waals surface area contributed by atoms with Gasteiger partial charge < -0.3 is 35.2 Å². The molecule has 1 saturated heterocycles. The molecule has 0 spiro atoms. The van der Waals surface area contributed by atoms with Gasteiger partial charge in [-0.25, -0.2) is 14.4 Å². The molecule has 180 valence electrons. The minimum absolute atomic E-state index is 0.249. The summed E-state index contributed by atoms with van der Waals surface area (Å²) >= 11 is 0. The highest BCUT2D eigenvalue weighted by atomic mass is 16.6. The van der Waals surface area contributed by atoms with Gasteiger partial charge in [0.05, 0.1) is 12.6 Å². The quantitative estimate of drug-likeness (QED) is 0.422. The van der Waals surface area contributed by atoms with Gasteiger partial charge in [-0.1, -0.05) is 30.3 Å². The molecule has 0 aromatic heterocycles. The van der Waals surface area contributed by atoms with Crippen LogP contribution in [-0.2, 0) is 20.7 Å². The SMILES string of the molecule is CC(C)(C)OC(=O)N1CC[C@H](CCc2ccccc2)[C@H](O)C1.O=C(O)C(O)C(O)C(=O)O. The van der Waals surface area contributed by atoms with Crippen molar-refractivity contribution in [3.8, 4) is 0 Å². The van der Waals surface area contributed by atoms with Crippen LogP contribution in [0.4, 0.5) is 4.79 Å². The summed E-state index contributed by atoms with van der Waals surface area (Å²) in [7, 11) is 0. The van der Waals surface area contributed by atoms with E-state index in [2.05, 4.69) is 12.1 Å². The van der Waals surface area contributed by atoms with Crippen LogP contribution >= 0.6 is 0 Å². The standard InChI is InChI=1S/C18H27NO3.C4H6O6/c1-18(2,3)22-17(21)19-12-11-15(16(20)13-19)10-9-14-7-5-4-6-8-14;5-1(3(7)8)2(6)4(9)10/h4-8,15-16,20H,9-13H2,1-3H3;1-2,5-6H,(H,7,8)(H,9,10)/t15-,16+;/m0./s1. The lowest BCUT2D eigenvalue weighted by atomic mass is 9.88. The van der Waals surface area contributed by atoms with Crippen LogP contribution in [0.5, 0.6) is 0 Å². The number of hydrogen-bond donors (Lipinski definition) is 5. The molecule has 10 heteroatoms. The number of benzene rings is 1. The summed E-state index contributed by atoms with van der Waals surface area (Å²) in [6, 6.07) is 10.3. The van der Waals surface area contributed by atoms with Crippen molar-refractivity contribution in [2.45, 2.75) is 63.9 Å². The number of β-amino-alcohol motifs (C(OH)–C–C–N with tert-alkyl or cyclic N) is 1. The number of ether oxygens (including phenoxy) is 1. The van der Waals surface area contributed by atoms with Crippen molar-refractivity contribution in [3.63, 3.8) is 0 Å². The lowest BCUT2D eigenvalue weighted by Crippen LogP contribution is -2.48. The maximum absolute atomic E-state index is 12.0. The first-order chi connectivity index (χ1) is 14.8. The molecule has 4 atom stereocenters. The molecule has 2 unspecified atom stereocenters. The van der Waals surface area contributed by atoms with E-state index in [4.69, 9.17) is 25.2 Å². The van der Waals surface area contributed by atoms with E-state index in [-0.39, 0.29) is 12.0 Å². The number of rotatable bonds is 6. The van der Waals surface area contributed by atoms with Crippen molar-refractivity contribution < 1.29 is 44.7 Å². The molecule has 1 aromatic rings. The van der Waals surface area contributed by atoms with Crippen LogP contribution < -0.4 is 0 Å². The van der Waals surface area contributed by atoms with E-state index in [0.29, 0.717) is 13.1 Å². The summed E-state index contributed by atoms with van der Waals surface area (Å²) in [6.07, 6.45) is -2.58. The number of likely N-dealkylation sites (tertiary alicyclic amines) is 1. The zero-order chi connectivity index (χ0) is 24.5. The molecule has 0 bridgehead atoms. The van der Waals surface area contributed by atoms with Crippen molar-refractivity contribution in [2.75, 3.05) is 13.1 Å². The molecule has 1 amide bonds. The first-order valence-corrected chi connectivity index (χ1v) is 10.3. The van der Waals surface area contributed by atoms with Gasteiger partial charge in [0.2, 0.25) is 0 Å². The minimum atomic E-state index is -2.27. The Morgan fingerprint density at radius 1 is 1.06 bits per heavy atom. The number of aliphatic hydroxyl groups is 3. The lowest BCUT2D eigenvalue weighted by molar-refractivity contribution is -0.165. The number of aliphatic carboxylic acids is 2. The third-order valence-corrected chi connectivity index (χ3v) is 4.82. The van der Waals surface area contributed by atoms with Crippen LogP contribution in [0.25, 0.3) is 0 Å². The van der Waals surface area contributed by atoms with Crippen LogP contribution in [0.3, 0.4) is 0 Å². The number of amides is 1. The second-order valence-electron chi connectivity index (χ2n) is 8.63. The van der Waals surface area contributed by atoms with Crippen LogP contribution in [0, 0.1) is 5.92 Å². The molecule has 1 aromatic carbocycles. The van der Waals surface area contributed by atoms with Crippen LogP contribution in [0.15, 0.2) is 30.3 Å². The number of aryl methyl sites for hydroxylation is 1. The normalized spacial score (nSPS) is 20.4. The second-order valence-corrected chi connectivity index (χ2v) is 8.63. The first-order valence-electron chi connectivity index (χ1n) is 10.3. The number of carbonyl (C=O) groups is 3. The fraction of sp³-hybridized carbons (Fsp3) is 0.591. The van der Waals surface area contributed by atoms with E-state index in [1.165, 1.54) is 5.56 Å². The Hall–Kier alpha value is -2.69. The van der Waals surface area contributed by atoms with Crippen LogP contribution in [0.2, 0.25) is 0 Å². The third-order valence-electron chi connectivity index (χ3n) is 4.82. The minimum Gasteiger partial charge on any atom is -0.479 e. The van der Waals surface area contributed by atoms with Crippen molar-refractivity contribution in [3.05, 3.63) is 35.9 Å².